The maximum Gasteiger partial charge on any atom is 0.313 e. The van der Waals surface area contributed by atoms with Crippen molar-refractivity contribution < 1.29 is 19.1 Å². The minimum Gasteiger partial charge on any atom is -0.462 e. The number of allylic oxidation sites excluding steroid dienone is 2. The first-order valence-corrected chi connectivity index (χ1v) is 15.7. The van der Waals surface area contributed by atoms with Gasteiger partial charge in [0.1, 0.15) is 6.10 Å². The van der Waals surface area contributed by atoms with Crippen molar-refractivity contribution in [2.45, 2.75) is 119 Å². The van der Waals surface area contributed by atoms with Gasteiger partial charge in [-0.15, -0.1) is 6.42 Å². The largest absolute Gasteiger partial charge is 0.462 e. The van der Waals surface area contributed by atoms with Crippen LogP contribution in [0.4, 0.5) is 0 Å². The van der Waals surface area contributed by atoms with E-state index in [9.17, 15) is 9.59 Å². The standard InChI is InChI=1S/C35H52O4/c1-10-21-38-30(37)35-18-13-22(2)23(3)29(35)25-11-12-27-32(7)16-15-28(39-24(4)36)31(5,6)26(32)14-17-34(27,9)33(25,8)19-20-35/h1,11,22-23,26-29H,12-21H2,2-9H3/t22-,23+,26+,27-,28?,29?,32+,33-,34-,35+/m1/s1. The molecule has 39 heavy (non-hydrogen) atoms. The summed E-state index contributed by atoms with van der Waals surface area (Å²) in [6, 6.07) is 0. The van der Waals surface area contributed by atoms with Gasteiger partial charge in [0.05, 0.1) is 5.41 Å². The Bertz CT molecular complexity index is 1100. The van der Waals surface area contributed by atoms with Gasteiger partial charge >= 0.3 is 11.9 Å². The van der Waals surface area contributed by atoms with Gasteiger partial charge in [0.2, 0.25) is 0 Å². The fourth-order valence-electron chi connectivity index (χ4n) is 11.5. The predicted molar refractivity (Wildman–Crippen MR) is 154 cm³/mol. The van der Waals surface area contributed by atoms with Crippen LogP contribution in [0.1, 0.15) is 113 Å². The van der Waals surface area contributed by atoms with Crippen molar-refractivity contribution in [3.63, 3.8) is 0 Å². The molecule has 0 aliphatic heterocycles. The van der Waals surface area contributed by atoms with Crippen LogP contribution < -0.4 is 0 Å². The quantitative estimate of drug-likeness (QED) is 0.210. The Morgan fingerprint density at radius 1 is 0.974 bits per heavy atom. The van der Waals surface area contributed by atoms with Gasteiger partial charge in [-0.25, -0.2) is 0 Å². The molecule has 0 N–H and O–H groups in total. The highest BCUT2D eigenvalue weighted by Gasteiger charge is 2.69. The van der Waals surface area contributed by atoms with E-state index in [4.69, 9.17) is 15.9 Å². The van der Waals surface area contributed by atoms with Gasteiger partial charge in [-0.05, 0) is 104 Å². The first-order chi connectivity index (χ1) is 18.2. The van der Waals surface area contributed by atoms with E-state index in [0.717, 1.165) is 44.9 Å². The molecule has 0 radical (unpaired) electrons. The van der Waals surface area contributed by atoms with E-state index in [-0.39, 0.29) is 52.2 Å². The summed E-state index contributed by atoms with van der Waals surface area (Å²) >= 11 is 0. The number of rotatable bonds is 3. The second-order valence-electron chi connectivity index (χ2n) is 15.5. The molecule has 4 fully saturated rings. The molecule has 216 valence electrons. The lowest BCUT2D eigenvalue weighted by Crippen LogP contribution is -2.65. The molecule has 0 bridgehead atoms. The number of esters is 2. The van der Waals surface area contributed by atoms with Crippen molar-refractivity contribution in [1.29, 1.82) is 0 Å². The predicted octanol–water partition coefficient (Wildman–Crippen LogP) is 7.75. The Morgan fingerprint density at radius 3 is 2.36 bits per heavy atom. The van der Waals surface area contributed by atoms with Crippen molar-refractivity contribution in [2.24, 2.45) is 56.7 Å². The molecule has 0 amide bonds. The van der Waals surface area contributed by atoms with Crippen molar-refractivity contribution >= 4 is 11.9 Å². The summed E-state index contributed by atoms with van der Waals surface area (Å²) in [5.41, 5.74) is 1.50. The maximum absolute atomic E-state index is 13.7. The smallest absolute Gasteiger partial charge is 0.313 e. The van der Waals surface area contributed by atoms with Gasteiger partial charge in [-0.3, -0.25) is 9.59 Å². The molecule has 5 aliphatic rings. The average Bonchev–Trinajstić information content (AvgIpc) is 2.86. The van der Waals surface area contributed by atoms with Gasteiger partial charge in [0.25, 0.3) is 0 Å². The third-order valence-electron chi connectivity index (χ3n) is 13.9. The lowest BCUT2D eigenvalue weighted by Gasteiger charge is -2.71. The summed E-state index contributed by atoms with van der Waals surface area (Å²) in [5, 5.41) is 0. The Balaban J connectivity index is 1.55. The van der Waals surface area contributed by atoms with Crippen LogP contribution in [0.25, 0.3) is 0 Å². The minimum atomic E-state index is -0.442. The first kappa shape index (κ1) is 28.8. The van der Waals surface area contributed by atoms with Gasteiger partial charge in [-0.2, -0.15) is 0 Å². The highest BCUT2D eigenvalue weighted by molar-refractivity contribution is 5.79. The van der Waals surface area contributed by atoms with E-state index in [1.807, 2.05) is 0 Å². The molecule has 0 aromatic carbocycles. The molecule has 0 aromatic rings. The molecular weight excluding hydrogens is 484 g/mol. The van der Waals surface area contributed by atoms with Crippen LogP contribution in [-0.2, 0) is 19.1 Å². The monoisotopic (exact) mass is 536 g/mol. The van der Waals surface area contributed by atoms with Crippen LogP contribution in [0.15, 0.2) is 11.6 Å². The lowest BCUT2D eigenvalue weighted by molar-refractivity contribution is -0.214. The second kappa shape index (κ2) is 9.39. The molecule has 0 spiro atoms. The molecule has 10 atom stereocenters. The summed E-state index contributed by atoms with van der Waals surface area (Å²) in [5.74, 6) is 4.66. The molecule has 4 heteroatoms. The molecule has 0 aromatic heterocycles. The first-order valence-electron chi connectivity index (χ1n) is 15.7. The van der Waals surface area contributed by atoms with Crippen LogP contribution in [-0.4, -0.2) is 24.6 Å². The summed E-state index contributed by atoms with van der Waals surface area (Å²) in [4.78, 5) is 25.7. The number of carbonyl (C=O) groups is 2. The SMILES string of the molecule is C#CCOC(=O)[C@]12CC[C@@H](C)[C@H](C)C1C1=CC[C@@H]3[C@@]4(C)CCC(OC(C)=O)C(C)(C)[C@@H]4CC[C@@]3(C)[C@]1(C)CC2. The van der Waals surface area contributed by atoms with Crippen molar-refractivity contribution in [3.05, 3.63) is 11.6 Å². The van der Waals surface area contributed by atoms with Crippen LogP contribution in [0.2, 0.25) is 0 Å². The number of terminal acetylenes is 1. The van der Waals surface area contributed by atoms with Crippen molar-refractivity contribution in [1.82, 2.24) is 0 Å². The Morgan fingerprint density at radius 2 is 1.69 bits per heavy atom. The highest BCUT2D eigenvalue weighted by atomic mass is 16.5. The zero-order valence-corrected chi connectivity index (χ0v) is 25.8. The van der Waals surface area contributed by atoms with Crippen molar-refractivity contribution in [2.75, 3.05) is 6.61 Å². The number of fused-ring (bicyclic) bond motifs is 7. The highest BCUT2D eigenvalue weighted by Crippen LogP contribution is 2.76. The molecule has 4 saturated carbocycles. The van der Waals surface area contributed by atoms with E-state index >= 15 is 0 Å². The zero-order valence-electron chi connectivity index (χ0n) is 25.8. The zero-order chi connectivity index (χ0) is 28.6. The molecule has 5 aliphatic carbocycles. The maximum atomic E-state index is 13.7. The van der Waals surface area contributed by atoms with Crippen LogP contribution >= 0.6 is 0 Å². The van der Waals surface area contributed by atoms with E-state index in [0.29, 0.717) is 23.7 Å². The summed E-state index contributed by atoms with van der Waals surface area (Å²) in [7, 11) is 0. The third kappa shape index (κ3) is 3.84. The lowest BCUT2D eigenvalue weighted by atomic mass is 9.33. The van der Waals surface area contributed by atoms with Crippen LogP contribution in [0, 0.1) is 69.0 Å². The third-order valence-corrected chi connectivity index (χ3v) is 13.9. The topological polar surface area (TPSA) is 52.6 Å². The summed E-state index contributed by atoms with van der Waals surface area (Å²) in [6.45, 7) is 18.8. The molecule has 4 nitrogen and oxygen atoms in total. The molecule has 0 saturated heterocycles. The Hall–Kier alpha value is -1.76. The molecule has 2 unspecified atom stereocenters. The van der Waals surface area contributed by atoms with Gasteiger partial charge in [-0.1, -0.05) is 66.0 Å². The van der Waals surface area contributed by atoms with Gasteiger partial charge in [0, 0.05) is 12.3 Å². The number of carbonyl (C=O) groups excluding carboxylic acids is 2. The summed E-state index contributed by atoms with van der Waals surface area (Å²) < 4.78 is 11.6. The number of hydrogen-bond acceptors (Lipinski definition) is 4. The van der Waals surface area contributed by atoms with E-state index < -0.39 is 5.41 Å². The number of ether oxygens (including phenoxy) is 2. The summed E-state index contributed by atoms with van der Waals surface area (Å²) in [6.07, 6.45) is 17.5. The Labute approximate surface area is 237 Å². The van der Waals surface area contributed by atoms with Crippen LogP contribution in [0.3, 0.4) is 0 Å². The molecular formula is C35H52O4. The van der Waals surface area contributed by atoms with Gasteiger partial charge < -0.3 is 9.47 Å². The fraction of sp³-hybridized carbons (Fsp3) is 0.829. The normalized spacial score (nSPS) is 48.1. The second-order valence-corrected chi connectivity index (χ2v) is 15.5. The van der Waals surface area contributed by atoms with Crippen molar-refractivity contribution in [3.8, 4) is 12.3 Å². The Kier molecular flexibility index (Phi) is 6.92. The fourth-order valence-corrected chi connectivity index (χ4v) is 11.5. The molecule has 0 heterocycles. The van der Waals surface area contributed by atoms with Gasteiger partial charge in [0.15, 0.2) is 6.61 Å². The van der Waals surface area contributed by atoms with E-state index in [1.54, 1.807) is 12.5 Å². The molecule has 5 rings (SSSR count). The van der Waals surface area contributed by atoms with E-state index in [1.165, 1.54) is 12.8 Å². The van der Waals surface area contributed by atoms with E-state index in [2.05, 4.69) is 60.5 Å². The minimum absolute atomic E-state index is 0.00314. The van der Waals surface area contributed by atoms with Crippen LogP contribution in [0.5, 0.6) is 0 Å². The average molecular weight is 537 g/mol. The number of hydrogen-bond donors (Lipinski definition) is 0.